The lowest BCUT2D eigenvalue weighted by atomic mass is 9.95. The Labute approximate surface area is 255 Å². The predicted octanol–water partition coefficient (Wildman–Crippen LogP) is 11.0. The van der Waals surface area contributed by atoms with Crippen LogP contribution in [0.15, 0.2) is 44.8 Å². The van der Waals surface area contributed by atoms with Gasteiger partial charge in [0.1, 0.15) is 0 Å². The number of hydrogen-bond acceptors (Lipinski definition) is 8. The first-order valence-electron chi connectivity index (χ1n) is 11.7. The summed E-state index contributed by atoms with van der Waals surface area (Å²) in [4.78, 5) is 25.3. The summed E-state index contributed by atoms with van der Waals surface area (Å²) in [5.41, 5.74) is -3.48. The van der Waals surface area contributed by atoms with E-state index in [2.05, 4.69) is 0 Å². The molecule has 0 spiro atoms. The van der Waals surface area contributed by atoms with Crippen LogP contribution >= 0.6 is 68.9 Å². The number of halogens is 6. The number of carbonyl (C=O) groups excluding carboxylic acids is 2. The SMILES string of the molecule is CC(=O)Sc1ccc(-c2cc(C3=C(c4cc(-c5ccc(SC(C)=O)s5)sc4C)C(F)(F)C(F)(F)C3(F)F)c(C)s2)s1. The maximum absolute atomic E-state index is 15.5. The molecule has 4 aromatic heterocycles. The quantitative estimate of drug-likeness (QED) is 0.150. The summed E-state index contributed by atoms with van der Waals surface area (Å²) in [6.45, 7) is 5.66. The van der Waals surface area contributed by atoms with Crippen LogP contribution in [0.5, 0.6) is 0 Å². The van der Waals surface area contributed by atoms with Gasteiger partial charge in [0.05, 0.1) is 8.42 Å². The fourth-order valence-corrected chi connectivity index (χ4v) is 10.5. The zero-order chi connectivity index (χ0) is 30.1. The second-order valence-corrected chi connectivity index (χ2v) is 16.7. The minimum Gasteiger partial charge on any atom is -0.287 e. The molecule has 0 amide bonds. The van der Waals surface area contributed by atoms with Gasteiger partial charge >= 0.3 is 17.8 Å². The fraction of sp³-hybridized carbons (Fsp3) is 0.259. The number of aryl methyl sites for hydroxylation is 2. The van der Waals surface area contributed by atoms with Gasteiger partial charge < -0.3 is 0 Å². The third kappa shape index (κ3) is 5.18. The Kier molecular flexibility index (Phi) is 7.99. The van der Waals surface area contributed by atoms with Crippen LogP contribution in [0.2, 0.25) is 0 Å². The number of thioether (sulfide) groups is 2. The Hall–Kier alpha value is -1.84. The van der Waals surface area contributed by atoms with Crippen molar-refractivity contribution in [2.45, 2.75) is 53.9 Å². The summed E-state index contributed by atoms with van der Waals surface area (Å²) in [7, 11) is 0. The molecule has 41 heavy (non-hydrogen) atoms. The molecule has 0 bridgehead atoms. The van der Waals surface area contributed by atoms with E-state index < -0.39 is 28.9 Å². The molecule has 5 rings (SSSR count). The Morgan fingerprint density at radius 3 is 1.32 bits per heavy atom. The molecule has 0 saturated heterocycles. The molecule has 0 atom stereocenters. The molecule has 4 aromatic rings. The van der Waals surface area contributed by atoms with Crippen LogP contribution in [0.4, 0.5) is 26.3 Å². The first-order chi connectivity index (χ1) is 19.0. The lowest BCUT2D eigenvalue weighted by Crippen LogP contribution is -2.48. The van der Waals surface area contributed by atoms with Gasteiger partial charge in [-0.2, -0.15) is 26.3 Å². The summed E-state index contributed by atoms with van der Waals surface area (Å²) >= 11 is 6.49. The molecule has 1 aliphatic rings. The predicted molar refractivity (Wildman–Crippen MR) is 159 cm³/mol. The van der Waals surface area contributed by atoms with Crippen molar-refractivity contribution in [1.29, 1.82) is 0 Å². The van der Waals surface area contributed by atoms with Crippen molar-refractivity contribution in [2.24, 2.45) is 0 Å². The van der Waals surface area contributed by atoms with E-state index in [1.165, 1.54) is 62.5 Å². The molecule has 0 radical (unpaired) electrons. The zero-order valence-electron chi connectivity index (χ0n) is 21.5. The van der Waals surface area contributed by atoms with Gasteiger partial charge in [0.2, 0.25) is 0 Å². The van der Waals surface area contributed by atoms with Gasteiger partial charge in [-0.3, -0.25) is 9.59 Å². The Morgan fingerprint density at radius 1 is 0.610 bits per heavy atom. The molecule has 0 saturated carbocycles. The lowest BCUT2D eigenvalue weighted by Gasteiger charge is -2.25. The van der Waals surface area contributed by atoms with Crippen LogP contribution in [0.25, 0.3) is 30.7 Å². The second kappa shape index (κ2) is 10.7. The van der Waals surface area contributed by atoms with Crippen LogP contribution in [-0.4, -0.2) is 28.0 Å². The summed E-state index contributed by atoms with van der Waals surface area (Å²) < 4.78 is 93.1. The van der Waals surface area contributed by atoms with E-state index in [1.807, 2.05) is 0 Å². The first-order valence-corrected chi connectivity index (χ1v) is 16.6. The third-order valence-electron chi connectivity index (χ3n) is 6.18. The highest BCUT2D eigenvalue weighted by molar-refractivity contribution is 8.15. The minimum atomic E-state index is -5.66. The van der Waals surface area contributed by atoms with Crippen molar-refractivity contribution in [3.63, 3.8) is 0 Å². The van der Waals surface area contributed by atoms with Gasteiger partial charge in [0, 0.05) is 54.3 Å². The molecular weight excluding hydrogens is 663 g/mol. The average Bonchev–Trinajstić information content (AvgIpc) is 3.65. The first kappa shape index (κ1) is 30.6. The standard InChI is InChI=1S/C27H18F6O2S6/c1-11-15(9-19(36-11)17-5-7-21(40-17)38-13(3)34)23-24(26(30,31)27(32,33)25(23,28)29)16-10-20(37-12(16)2)18-6-8-22(41-18)39-14(4)35/h5-10H,1-4H3. The maximum atomic E-state index is 15.5. The van der Waals surface area contributed by atoms with Gasteiger partial charge in [0.15, 0.2) is 10.2 Å². The summed E-state index contributed by atoms with van der Waals surface area (Å²) in [5, 5.41) is -0.290. The van der Waals surface area contributed by atoms with E-state index >= 15 is 17.6 Å². The van der Waals surface area contributed by atoms with Crippen molar-refractivity contribution in [3.05, 3.63) is 57.3 Å². The number of hydrogen-bond donors (Lipinski definition) is 0. The van der Waals surface area contributed by atoms with E-state index in [-0.39, 0.29) is 31.1 Å². The third-order valence-corrected chi connectivity index (χ3v) is 12.7. The van der Waals surface area contributed by atoms with Gasteiger partial charge in [-0.15, -0.1) is 45.3 Å². The highest BCUT2D eigenvalue weighted by Gasteiger charge is 2.80. The normalized spacial score (nSPS) is 17.4. The molecule has 0 unspecified atom stereocenters. The Morgan fingerprint density at radius 2 is 0.976 bits per heavy atom. The Balaban J connectivity index is 1.67. The summed E-state index contributed by atoms with van der Waals surface area (Å²) in [6, 6.07) is 9.21. The molecule has 216 valence electrons. The second-order valence-electron chi connectivity index (χ2n) is 9.06. The van der Waals surface area contributed by atoms with Crippen LogP contribution in [-0.2, 0) is 9.59 Å². The molecule has 0 aromatic carbocycles. The number of allylic oxidation sites excluding steroid dienone is 2. The monoisotopic (exact) mass is 680 g/mol. The fourth-order valence-electron chi connectivity index (χ4n) is 4.43. The smallest absolute Gasteiger partial charge is 0.287 e. The number of carbonyl (C=O) groups is 2. The van der Waals surface area contributed by atoms with Crippen LogP contribution in [0.3, 0.4) is 0 Å². The van der Waals surface area contributed by atoms with Crippen molar-refractivity contribution in [2.75, 3.05) is 0 Å². The summed E-state index contributed by atoms with van der Waals surface area (Å²) in [5.74, 6) is -16.0. The Bertz CT molecular complexity index is 1600. The van der Waals surface area contributed by atoms with E-state index in [0.29, 0.717) is 27.9 Å². The van der Waals surface area contributed by atoms with Crippen molar-refractivity contribution in [1.82, 2.24) is 0 Å². The number of rotatable bonds is 6. The number of thiophene rings is 4. The molecule has 0 fully saturated rings. The topological polar surface area (TPSA) is 34.1 Å². The molecule has 4 heterocycles. The average molecular weight is 681 g/mol. The van der Waals surface area contributed by atoms with Gasteiger partial charge in [-0.05, 0) is 84.9 Å². The zero-order valence-corrected chi connectivity index (χ0v) is 26.4. The molecule has 14 heteroatoms. The molecular formula is C27H18F6O2S6. The highest BCUT2D eigenvalue weighted by Crippen LogP contribution is 2.66. The van der Waals surface area contributed by atoms with Crippen molar-refractivity contribution >= 4 is 90.2 Å². The van der Waals surface area contributed by atoms with Crippen molar-refractivity contribution < 1.29 is 35.9 Å². The lowest BCUT2D eigenvalue weighted by molar-refractivity contribution is -0.254. The molecule has 0 N–H and O–H groups in total. The molecule has 2 nitrogen and oxygen atoms in total. The number of alkyl halides is 6. The van der Waals surface area contributed by atoms with Crippen LogP contribution < -0.4 is 0 Å². The van der Waals surface area contributed by atoms with E-state index in [0.717, 1.165) is 46.2 Å². The van der Waals surface area contributed by atoms with Crippen LogP contribution in [0.1, 0.15) is 34.7 Å². The largest absolute Gasteiger partial charge is 0.380 e. The van der Waals surface area contributed by atoms with Crippen LogP contribution in [0, 0.1) is 13.8 Å². The molecule has 1 aliphatic carbocycles. The highest BCUT2D eigenvalue weighted by atomic mass is 32.2. The van der Waals surface area contributed by atoms with E-state index in [9.17, 15) is 18.4 Å². The maximum Gasteiger partial charge on any atom is 0.380 e. The van der Waals surface area contributed by atoms with E-state index in [4.69, 9.17) is 0 Å². The van der Waals surface area contributed by atoms with Crippen molar-refractivity contribution in [3.8, 4) is 19.5 Å². The van der Waals surface area contributed by atoms with Gasteiger partial charge in [-0.25, -0.2) is 0 Å². The minimum absolute atomic E-state index is 0.145. The van der Waals surface area contributed by atoms with Gasteiger partial charge in [-0.1, -0.05) is 0 Å². The summed E-state index contributed by atoms with van der Waals surface area (Å²) in [6.07, 6.45) is 0. The van der Waals surface area contributed by atoms with Gasteiger partial charge in [0.25, 0.3) is 0 Å². The van der Waals surface area contributed by atoms with E-state index in [1.54, 1.807) is 24.3 Å². The molecule has 0 aliphatic heterocycles.